The fourth-order valence-corrected chi connectivity index (χ4v) is 2.63. The minimum atomic E-state index is -0.646. The number of ether oxygens (including phenoxy) is 1. The van der Waals surface area contributed by atoms with Crippen LogP contribution in [0.15, 0.2) is 51.9 Å². The van der Waals surface area contributed by atoms with E-state index in [0.29, 0.717) is 36.4 Å². The molecule has 0 aliphatic rings. The lowest BCUT2D eigenvalue weighted by Gasteiger charge is -2.20. The van der Waals surface area contributed by atoms with Crippen molar-refractivity contribution in [3.63, 3.8) is 0 Å². The van der Waals surface area contributed by atoms with Crippen molar-refractivity contribution in [2.75, 3.05) is 20.2 Å². The number of fused-ring (bicyclic) bond motifs is 1. The van der Waals surface area contributed by atoms with E-state index >= 15 is 0 Å². The highest BCUT2D eigenvalue weighted by Gasteiger charge is 2.11. The Balaban J connectivity index is 1.51. The molecule has 7 nitrogen and oxygen atoms in total. The molecule has 0 aliphatic carbocycles. The smallest absolute Gasteiger partial charge is 0.258 e. The summed E-state index contributed by atoms with van der Waals surface area (Å²) in [6.45, 7) is 1.35. The van der Waals surface area contributed by atoms with E-state index in [2.05, 4.69) is 9.97 Å². The Morgan fingerprint density at radius 2 is 2.16 bits per heavy atom. The zero-order valence-electron chi connectivity index (χ0n) is 14.0. The predicted molar refractivity (Wildman–Crippen MR) is 93.1 cm³/mol. The minimum Gasteiger partial charge on any atom is -0.467 e. The average Bonchev–Trinajstić information content (AvgIpc) is 3.08. The maximum Gasteiger partial charge on any atom is 0.258 e. The van der Waals surface area contributed by atoms with Gasteiger partial charge in [-0.15, -0.1) is 0 Å². The molecule has 0 spiro atoms. The van der Waals surface area contributed by atoms with Crippen molar-refractivity contribution >= 4 is 10.9 Å². The number of H-pyrrole nitrogens is 1. The molecule has 0 fully saturated rings. The molecule has 1 aromatic carbocycles. The average molecular weight is 343 g/mol. The Bertz CT molecular complexity index is 860. The van der Waals surface area contributed by atoms with Gasteiger partial charge in [-0.1, -0.05) is 12.1 Å². The quantitative estimate of drug-likeness (QED) is 0.644. The third kappa shape index (κ3) is 4.76. The van der Waals surface area contributed by atoms with E-state index in [0.717, 1.165) is 5.76 Å². The molecule has 2 heterocycles. The molecule has 2 aromatic heterocycles. The van der Waals surface area contributed by atoms with Gasteiger partial charge in [-0.25, -0.2) is 4.98 Å². The summed E-state index contributed by atoms with van der Waals surface area (Å²) in [6, 6.07) is 10.8. The van der Waals surface area contributed by atoms with Crippen LogP contribution in [0.1, 0.15) is 11.6 Å². The number of aliphatic hydroxyl groups excluding tert-OH is 1. The number of rotatable bonds is 8. The Morgan fingerprint density at radius 1 is 1.32 bits per heavy atom. The first-order chi connectivity index (χ1) is 12.1. The molecule has 132 valence electrons. The number of nitrogens with one attached hydrogen (secondary N) is 1. The number of aromatic nitrogens is 2. The fourth-order valence-electron chi connectivity index (χ4n) is 2.63. The summed E-state index contributed by atoms with van der Waals surface area (Å²) in [4.78, 5) is 21.2. The lowest BCUT2D eigenvalue weighted by atomic mass is 10.2. The van der Waals surface area contributed by atoms with Crippen molar-refractivity contribution < 1.29 is 14.3 Å². The van der Waals surface area contributed by atoms with E-state index in [1.807, 2.05) is 36.2 Å². The molecular weight excluding hydrogens is 322 g/mol. The van der Waals surface area contributed by atoms with Crippen LogP contribution in [-0.2, 0) is 17.9 Å². The topological polar surface area (TPSA) is 91.6 Å². The van der Waals surface area contributed by atoms with Crippen LogP contribution in [0.2, 0.25) is 0 Å². The third-order valence-electron chi connectivity index (χ3n) is 3.74. The number of likely N-dealkylation sites (N-methyl/N-ethyl adjacent to an activating group) is 1. The summed E-state index contributed by atoms with van der Waals surface area (Å²) in [6.07, 6.45) is 0.937. The maximum absolute atomic E-state index is 12.1. The Morgan fingerprint density at radius 3 is 2.96 bits per heavy atom. The van der Waals surface area contributed by atoms with Crippen molar-refractivity contribution in [2.24, 2.45) is 0 Å². The van der Waals surface area contributed by atoms with Crippen LogP contribution in [0, 0.1) is 0 Å². The second-order valence-corrected chi connectivity index (χ2v) is 5.97. The van der Waals surface area contributed by atoms with Gasteiger partial charge in [0.05, 0.1) is 36.4 Å². The van der Waals surface area contributed by atoms with Gasteiger partial charge in [0, 0.05) is 6.54 Å². The lowest BCUT2D eigenvalue weighted by Crippen LogP contribution is -2.32. The van der Waals surface area contributed by atoms with Crippen LogP contribution in [0.4, 0.5) is 0 Å². The van der Waals surface area contributed by atoms with Crippen molar-refractivity contribution in [3.05, 3.63) is 64.6 Å². The number of para-hydroxylation sites is 1. The number of hydrogen-bond donors (Lipinski definition) is 2. The normalized spacial score (nSPS) is 12.8. The van der Waals surface area contributed by atoms with Crippen LogP contribution in [0.3, 0.4) is 0 Å². The summed E-state index contributed by atoms with van der Waals surface area (Å²) < 4.78 is 10.6. The number of hydrogen-bond acceptors (Lipinski definition) is 6. The van der Waals surface area contributed by atoms with Crippen LogP contribution >= 0.6 is 0 Å². The van der Waals surface area contributed by atoms with E-state index in [1.54, 1.807) is 18.4 Å². The van der Waals surface area contributed by atoms with Gasteiger partial charge in [-0.05, 0) is 31.3 Å². The Hall–Kier alpha value is -2.48. The molecule has 3 aromatic rings. The highest BCUT2D eigenvalue weighted by molar-refractivity contribution is 5.77. The van der Waals surface area contributed by atoms with E-state index in [-0.39, 0.29) is 12.2 Å². The van der Waals surface area contributed by atoms with Crippen LogP contribution in [0.5, 0.6) is 0 Å². The number of nitrogens with zero attached hydrogens (tertiary/aromatic N) is 2. The molecule has 0 amide bonds. The zero-order chi connectivity index (χ0) is 17.6. The van der Waals surface area contributed by atoms with E-state index in [4.69, 9.17) is 9.15 Å². The summed E-state index contributed by atoms with van der Waals surface area (Å²) in [5.74, 6) is 1.29. The Kier molecular flexibility index (Phi) is 5.60. The van der Waals surface area contributed by atoms with Crippen molar-refractivity contribution in [1.29, 1.82) is 0 Å². The maximum atomic E-state index is 12.1. The standard InChI is InChI=1S/C18H21N3O4/c1-21(9-13(22)11-24-12-14-5-4-8-25-14)10-17-19-16-7-3-2-6-15(16)18(23)20-17/h2-8,13,22H,9-12H2,1H3,(H,19,20,23)/t13-/m0/s1. The number of furan rings is 1. The molecular formula is C18H21N3O4. The first kappa shape index (κ1) is 17.3. The van der Waals surface area contributed by atoms with Gasteiger partial charge >= 0.3 is 0 Å². The fraction of sp³-hybridized carbons (Fsp3) is 0.333. The molecule has 0 saturated carbocycles. The minimum absolute atomic E-state index is 0.156. The second-order valence-electron chi connectivity index (χ2n) is 5.97. The number of aliphatic hydroxyl groups is 1. The van der Waals surface area contributed by atoms with Crippen molar-refractivity contribution in [3.8, 4) is 0 Å². The first-order valence-corrected chi connectivity index (χ1v) is 8.06. The molecule has 25 heavy (non-hydrogen) atoms. The summed E-state index contributed by atoms with van der Waals surface area (Å²) in [5, 5.41) is 10.6. The van der Waals surface area contributed by atoms with Gasteiger partial charge < -0.3 is 19.2 Å². The molecule has 0 bridgehead atoms. The van der Waals surface area contributed by atoms with Gasteiger partial charge in [0.25, 0.3) is 5.56 Å². The predicted octanol–water partition coefficient (Wildman–Crippen LogP) is 1.53. The van der Waals surface area contributed by atoms with Gasteiger partial charge in [0.15, 0.2) is 0 Å². The van der Waals surface area contributed by atoms with Gasteiger partial charge in [0.1, 0.15) is 18.2 Å². The summed E-state index contributed by atoms with van der Waals surface area (Å²) in [7, 11) is 1.85. The van der Waals surface area contributed by atoms with E-state index in [9.17, 15) is 9.90 Å². The van der Waals surface area contributed by atoms with Crippen molar-refractivity contribution in [2.45, 2.75) is 19.3 Å². The SMILES string of the molecule is CN(Cc1nc2ccccc2c(=O)[nH]1)C[C@H](O)COCc1ccco1. The van der Waals surface area contributed by atoms with E-state index < -0.39 is 6.10 Å². The Labute approximate surface area is 144 Å². The third-order valence-corrected chi connectivity index (χ3v) is 3.74. The molecule has 2 N–H and O–H groups in total. The zero-order valence-corrected chi connectivity index (χ0v) is 14.0. The van der Waals surface area contributed by atoms with Gasteiger partial charge in [0.2, 0.25) is 0 Å². The molecule has 0 unspecified atom stereocenters. The molecule has 3 rings (SSSR count). The van der Waals surface area contributed by atoms with E-state index in [1.165, 1.54) is 0 Å². The molecule has 1 atom stereocenters. The molecule has 0 aliphatic heterocycles. The monoisotopic (exact) mass is 343 g/mol. The number of aromatic amines is 1. The van der Waals surface area contributed by atoms with Crippen molar-refractivity contribution in [1.82, 2.24) is 14.9 Å². The molecule has 0 saturated heterocycles. The number of benzene rings is 1. The largest absolute Gasteiger partial charge is 0.467 e. The van der Waals surface area contributed by atoms with Crippen LogP contribution in [0.25, 0.3) is 10.9 Å². The summed E-state index contributed by atoms with van der Waals surface area (Å²) >= 11 is 0. The molecule has 7 heteroatoms. The lowest BCUT2D eigenvalue weighted by molar-refractivity contribution is 0.00741. The first-order valence-electron chi connectivity index (χ1n) is 8.06. The van der Waals surface area contributed by atoms with Crippen LogP contribution < -0.4 is 5.56 Å². The van der Waals surface area contributed by atoms with Gasteiger partial charge in [-0.3, -0.25) is 9.69 Å². The second kappa shape index (κ2) is 8.06. The van der Waals surface area contributed by atoms with Crippen LogP contribution in [-0.4, -0.2) is 46.3 Å². The molecule has 0 radical (unpaired) electrons. The summed E-state index contributed by atoms with van der Waals surface area (Å²) in [5.41, 5.74) is 0.508. The van der Waals surface area contributed by atoms with Gasteiger partial charge in [-0.2, -0.15) is 0 Å². The highest BCUT2D eigenvalue weighted by atomic mass is 16.5. The highest BCUT2D eigenvalue weighted by Crippen LogP contribution is 2.07.